The van der Waals surface area contributed by atoms with Gasteiger partial charge in [0.15, 0.2) is 0 Å². The first-order valence-electron chi connectivity index (χ1n) is 5.02. The van der Waals surface area contributed by atoms with Gasteiger partial charge in [0, 0.05) is 11.3 Å². The minimum atomic E-state index is -0.0784. The zero-order valence-electron chi connectivity index (χ0n) is 9.16. The van der Waals surface area contributed by atoms with Crippen LogP contribution in [0, 0.1) is 11.8 Å². The van der Waals surface area contributed by atoms with Crippen molar-refractivity contribution < 1.29 is 5.11 Å². The fourth-order valence-corrected chi connectivity index (χ4v) is 1.81. The van der Waals surface area contributed by atoms with Crippen molar-refractivity contribution in [2.75, 3.05) is 6.61 Å². The molecule has 0 amide bonds. The smallest absolute Gasteiger partial charge is 0.104 e. The molecule has 0 aliphatic rings. The van der Waals surface area contributed by atoms with E-state index < -0.39 is 0 Å². The van der Waals surface area contributed by atoms with E-state index in [4.69, 9.17) is 5.11 Å². The van der Waals surface area contributed by atoms with Crippen LogP contribution < -0.4 is 0 Å². The molecule has 0 radical (unpaired) electrons. The number of aliphatic hydroxyl groups excluding tert-OH is 1. The summed E-state index contributed by atoms with van der Waals surface area (Å²) in [6.45, 7) is 4.32. The van der Waals surface area contributed by atoms with Gasteiger partial charge in [0.1, 0.15) is 6.61 Å². The molecule has 0 heterocycles. The van der Waals surface area contributed by atoms with E-state index in [9.17, 15) is 0 Å². The maximum atomic E-state index is 8.55. The summed E-state index contributed by atoms with van der Waals surface area (Å²) in [6, 6.07) is 8.19. The highest BCUT2D eigenvalue weighted by molar-refractivity contribution is 7.99. The van der Waals surface area contributed by atoms with Gasteiger partial charge in [-0.1, -0.05) is 37.8 Å². The number of aliphatic hydroxyl groups is 1. The van der Waals surface area contributed by atoms with Crippen molar-refractivity contribution in [1.29, 1.82) is 0 Å². The SMILES string of the molecule is CC(C)SCc1ccc(C#CCO)cc1. The van der Waals surface area contributed by atoms with E-state index in [0.29, 0.717) is 5.25 Å². The summed E-state index contributed by atoms with van der Waals surface area (Å²) >= 11 is 1.93. The molecule has 0 unspecified atom stereocenters. The zero-order valence-corrected chi connectivity index (χ0v) is 9.97. The molecule has 15 heavy (non-hydrogen) atoms. The highest BCUT2D eigenvalue weighted by Crippen LogP contribution is 2.17. The molecule has 1 nitrogen and oxygen atoms in total. The molecular weight excluding hydrogens is 204 g/mol. The predicted molar refractivity (Wildman–Crippen MR) is 66.8 cm³/mol. The first-order valence-corrected chi connectivity index (χ1v) is 6.07. The fourth-order valence-electron chi connectivity index (χ4n) is 1.09. The van der Waals surface area contributed by atoms with Crippen molar-refractivity contribution in [2.24, 2.45) is 0 Å². The lowest BCUT2D eigenvalue weighted by atomic mass is 10.1. The minimum Gasteiger partial charge on any atom is -0.384 e. The number of hydrogen-bond donors (Lipinski definition) is 1. The Kier molecular flexibility index (Phi) is 5.31. The first-order chi connectivity index (χ1) is 7.22. The van der Waals surface area contributed by atoms with E-state index in [1.54, 1.807) is 0 Å². The standard InChI is InChI=1S/C13H16OS/c1-11(2)15-10-13-7-5-12(6-8-13)4-3-9-14/h5-8,11,14H,9-10H2,1-2H3. The highest BCUT2D eigenvalue weighted by Gasteiger charge is 1.96. The molecule has 0 aliphatic carbocycles. The second-order valence-electron chi connectivity index (χ2n) is 3.52. The van der Waals surface area contributed by atoms with Gasteiger partial charge in [-0.2, -0.15) is 11.8 Å². The van der Waals surface area contributed by atoms with Gasteiger partial charge in [-0.3, -0.25) is 0 Å². The molecule has 0 fully saturated rings. The van der Waals surface area contributed by atoms with Crippen LogP contribution in [0.25, 0.3) is 0 Å². The summed E-state index contributed by atoms with van der Waals surface area (Å²) in [4.78, 5) is 0. The van der Waals surface area contributed by atoms with Gasteiger partial charge in [0.05, 0.1) is 0 Å². The molecule has 0 saturated heterocycles. The summed E-state index contributed by atoms with van der Waals surface area (Å²) in [5.74, 6) is 6.56. The molecular formula is C13H16OS. The summed E-state index contributed by atoms with van der Waals surface area (Å²) in [6.07, 6.45) is 0. The Morgan fingerprint density at radius 2 is 1.93 bits per heavy atom. The average molecular weight is 220 g/mol. The van der Waals surface area contributed by atoms with E-state index in [2.05, 4.69) is 37.8 Å². The van der Waals surface area contributed by atoms with E-state index in [1.807, 2.05) is 23.9 Å². The Morgan fingerprint density at radius 3 is 2.47 bits per heavy atom. The van der Waals surface area contributed by atoms with Gasteiger partial charge in [-0.15, -0.1) is 0 Å². The largest absolute Gasteiger partial charge is 0.384 e. The molecule has 80 valence electrons. The molecule has 0 aliphatic heterocycles. The number of rotatable bonds is 3. The van der Waals surface area contributed by atoms with Gasteiger partial charge in [-0.05, 0) is 22.9 Å². The van der Waals surface area contributed by atoms with Crippen molar-refractivity contribution in [3.63, 3.8) is 0 Å². The molecule has 0 aromatic heterocycles. The Balaban J connectivity index is 2.56. The second-order valence-corrected chi connectivity index (χ2v) is 5.08. The van der Waals surface area contributed by atoms with E-state index in [-0.39, 0.29) is 6.61 Å². The Labute approximate surface area is 95.9 Å². The normalized spacial score (nSPS) is 9.87. The summed E-state index contributed by atoms with van der Waals surface area (Å²) in [5, 5.41) is 9.22. The molecule has 1 rings (SSSR count). The van der Waals surface area contributed by atoms with Gasteiger partial charge in [0.2, 0.25) is 0 Å². The maximum Gasteiger partial charge on any atom is 0.104 e. The van der Waals surface area contributed by atoms with Crippen molar-refractivity contribution in [3.8, 4) is 11.8 Å². The highest BCUT2D eigenvalue weighted by atomic mass is 32.2. The second kappa shape index (κ2) is 6.55. The third kappa shape index (κ3) is 4.92. The van der Waals surface area contributed by atoms with Gasteiger partial charge >= 0.3 is 0 Å². The molecule has 0 atom stereocenters. The fraction of sp³-hybridized carbons (Fsp3) is 0.385. The molecule has 1 aromatic carbocycles. The van der Waals surface area contributed by atoms with Gasteiger partial charge in [-0.25, -0.2) is 0 Å². The Hall–Kier alpha value is -0.910. The van der Waals surface area contributed by atoms with Crippen LogP contribution in [-0.2, 0) is 5.75 Å². The van der Waals surface area contributed by atoms with Gasteiger partial charge in [0.25, 0.3) is 0 Å². The van der Waals surface area contributed by atoms with Crippen LogP contribution in [0.3, 0.4) is 0 Å². The zero-order chi connectivity index (χ0) is 11.1. The van der Waals surface area contributed by atoms with Crippen LogP contribution in [0.2, 0.25) is 0 Å². The Morgan fingerprint density at radius 1 is 1.27 bits per heavy atom. The van der Waals surface area contributed by atoms with Crippen molar-refractivity contribution in [3.05, 3.63) is 35.4 Å². The topological polar surface area (TPSA) is 20.2 Å². The molecule has 0 spiro atoms. The number of hydrogen-bond acceptors (Lipinski definition) is 2. The molecule has 0 saturated carbocycles. The van der Waals surface area contributed by atoms with Crippen LogP contribution in [0.15, 0.2) is 24.3 Å². The van der Waals surface area contributed by atoms with Crippen LogP contribution in [0.5, 0.6) is 0 Å². The van der Waals surface area contributed by atoms with E-state index in [1.165, 1.54) is 5.56 Å². The van der Waals surface area contributed by atoms with Crippen LogP contribution >= 0.6 is 11.8 Å². The Bertz CT molecular complexity index is 343. The third-order valence-electron chi connectivity index (χ3n) is 1.85. The lowest BCUT2D eigenvalue weighted by Gasteiger charge is -2.04. The maximum absolute atomic E-state index is 8.55. The predicted octanol–water partition coefficient (Wildman–Crippen LogP) is 2.67. The molecule has 0 bridgehead atoms. The van der Waals surface area contributed by atoms with Crippen LogP contribution in [-0.4, -0.2) is 17.0 Å². The van der Waals surface area contributed by atoms with Crippen molar-refractivity contribution >= 4 is 11.8 Å². The van der Waals surface area contributed by atoms with Crippen molar-refractivity contribution in [2.45, 2.75) is 24.9 Å². The van der Waals surface area contributed by atoms with Gasteiger partial charge < -0.3 is 5.11 Å². The summed E-state index contributed by atoms with van der Waals surface area (Å²) in [5.41, 5.74) is 2.28. The van der Waals surface area contributed by atoms with Crippen LogP contribution in [0.4, 0.5) is 0 Å². The molecule has 2 heteroatoms. The van der Waals surface area contributed by atoms with E-state index >= 15 is 0 Å². The quantitative estimate of drug-likeness (QED) is 0.790. The minimum absolute atomic E-state index is 0.0784. The first kappa shape index (κ1) is 12.2. The molecule has 1 aromatic rings. The summed E-state index contributed by atoms with van der Waals surface area (Å²) in [7, 11) is 0. The van der Waals surface area contributed by atoms with Crippen molar-refractivity contribution in [1.82, 2.24) is 0 Å². The average Bonchev–Trinajstić information content (AvgIpc) is 2.25. The monoisotopic (exact) mass is 220 g/mol. The number of thioether (sulfide) groups is 1. The third-order valence-corrected chi connectivity index (χ3v) is 3.02. The van der Waals surface area contributed by atoms with E-state index in [0.717, 1.165) is 11.3 Å². The summed E-state index contributed by atoms with van der Waals surface area (Å²) < 4.78 is 0. The lowest BCUT2D eigenvalue weighted by Crippen LogP contribution is -1.88. The van der Waals surface area contributed by atoms with Crippen LogP contribution in [0.1, 0.15) is 25.0 Å². The lowest BCUT2D eigenvalue weighted by molar-refractivity contribution is 0.350. The molecule has 1 N–H and O–H groups in total. The number of benzene rings is 1.